The van der Waals surface area contributed by atoms with Crippen molar-refractivity contribution in [3.8, 4) is 5.75 Å². The van der Waals surface area contributed by atoms with Gasteiger partial charge in [-0.2, -0.15) is 0 Å². The van der Waals surface area contributed by atoms with Crippen molar-refractivity contribution in [2.45, 2.75) is 0 Å². The van der Waals surface area contributed by atoms with E-state index in [0.29, 0.717) is 6.07 Å². The molecule has 1 aromatic rings. The second-order valence-electron chi connectivity index (χ2n) is 5.26. The lowest BCUT2D eigenvalue weighted by Crippen LogP contribution is -2.31. The van der Waals surface area contributed by atoms with Gasteiger partial charge in [0.2, 0.25) is 0 Å². The first-order valence-electron chi connectivity index (χ1n) is 7.43. The first-order valence-corrected chi connectivity index (χ1v) is 7.43. The number of esters is 2. The van der Waals surface area contributed by atoms with Gasteiger partial charge in [-0.25, -0.2) is 14.0 Å². The van der Waals surface area contributed by atoms with Gasteiger partial charge < -0.3 is 29.9 Å². The number of anilines is 1. The van der Waals surface area contributed by atoms with Crippen LogP contribution in [-0.2, 0) is 19.1 Å². The number of amides is 1. The molecule has 3 N–H and O–H groups in total. The number of benzene rings is 1. The Balaban J connectivity index is 2.45. The van der Waals surface area contributed by atoms with Crippen molar-refractivity contribution in [3.63, 3.8) is 0 Å². The number of phenolic OH excluding ortho intramolecular Hbond substituents is 1. The summed E-state index contributed by atoms with van der Waals surface area (Å²) < 4.78 is 22.9. The molecule has 1 aliphatic rings. The molecule has 0 aromatic heterocycles. The zero-order valence-corrected chi connectivity index (χ0v) is 14.0. The van der Waals surface area contributed by atoms with Crippen molar-refractivity contribution in [3.05, 3.63) is 34.8 Å². The molecule has 0 unspecified atom stereocenters. The lowest BCUT2D eigenvalue weighted by atomic mass is 10.1. The van der Waals surface area contributed by atoms with Crippen molar-refractivity contribution < 1.29 is 38.5 Å². The van der Waals surface area contributed by atoms with E-state index in [0.717, 1.165) is 20.3 Å². The average molecular weight is 368 g/mol. The SMILES string of the molecule is COC(=O)C1=C(Nc2cc(C(=O)OC)c(F)cc2O)C(=O)N(CCO)C1. The van der Waals surface area contributed by atoms with E-state index in [2.05, 4.69) is 14.8 Å². The molecule has 0 saturated heterocycles. The van der Waals surface area contributed by atoms with Crippen LogP contribution >= 0.6 is 0 Å². The molecular formula is C16H17FN2O7. The summed E-state index contributed by atoms with van der Waals surface area (Å²) in [6.45, 7) is -0.449. The third-order valence-corrected chi connectivity index (χ3v) is 3.70. The van der Waals surface area contributed by atoms with Crippen molar-refractivity contribution >= 4 is 23.5 Å². The van der Waals surface area contributed by atoms with E-state index in [4.69, 9.17) is 5.11 Å². The van der Waals surface area contributed by atoms with Crippen molar-refractivity contribution in [1.82, 2.24) is 4.90 Å². The van der Waals surface area contributed by atoms with Crippen molar-refractivity contribution in [2.75, 3.05) is 39.2 Å². The Morgan fingerprint density at radius 3 is 2.50 bits per heavy atom. The number of halogens is 1. The van der Waals surface area contributed by atoms with Crippen LogP contribution in [0.15, 0.2) is 23.4 Å². The highest BCUT2D eigenvalue weighted by molar-refractivity contribution is 6.08. The first-order chi connectivity index (χ1) is 12.3. The van der Waals surface area contributed by atoms with Crippen LogP contribution in [-0.4, -0.2) is 66.9 Å². The number of phenols is 1. The van der Waals surface area contributed by atoms with Crippen LogP contribution in [0, 0.1) is 5.82 Å². The maximum absolute atomic E-state index is 13.8. The average Bonchev–Trinajstić information content (AvgIpc) is 2.92. The number of nitrogens with one attached hydrogen (secondary N) is 1. The fourth-order valence-electron chi connectivity index (χ4n) is 2.41. The number of carbonyl (C=O) groups excluding carboxylic acids is 3. The fraction of sp³-hybridized carbons (Fsp3) is 0.312. The van der Waals surface area contributed by atoms with Gasteiger partial charge in [0.1, 0.15) is 17.3 Å². The van der Waals surface area contributed by atoms with E-state index in [1.807, 2.05) is 0 Å². The van der Waals surface area contributed by atoms with Gasteiger partial charge in [-0.1, -0.05) is 0 Å². The molecule has 1 aromatic carbocycles. The van der Waals surface area contributed by atoms with Crippen molar-refractivity contribution in [2.24, 2.45) is 0 Å². The number of β-amino-alcohol motifs (C(OH)–C–C–N with tert-alkyl or cyclic N) is 1. The highest BCUT2D eigenvalue weighted by Gasteiger charge is 2.35. The summed E-state index contributed by atoms with van der Waals surface area (Å²) >= 11 is 0. The van der Waals surface area contributed by atoms with Crippen LogP contribution in [0.2, 0.25) is 0 Å². The quantitative estimate of drug-likeness (QED) is 0.473. The third-order valence-electron chi connectivity index (χ3n) is 3.70. The zero-order valence-electron chi connectivity index (χ0n) is 14.0. The highest BCUT2D eigenvalue weighted by Crippen LogP contribution is 2.31. The number of aliphatic hydroxyl groups excluding tert-OH is 1. The molecule has 0 spiro atoms. The summed E-state index contributed by atoms with van der Waals surface area (Å²) in [6.07, 6.45) is 0. The molecule has 0 saturated carbocycles. The number of hydrogen-bond donors (Lipinski definition) is 3. The van der Waals surface area contributed by atoms with Gasteiger partial charge in [-0.3, -0.25) is 4.79 Å². The van der Waals surface area contributed by atoms with Gasteiger partial charge >= 0.3 is 11.9 Å². The minimum absolute atomic E-state index is 0.0205. The summed E-state index contributed by atoms with van der Waals surface area (Å²) in [4.78, 5) is 37.1. The summed E-state index contributed by atoms with van der Waals surface area (Å²) in [5, 5.41) is 21.5. The maximum Gasteiger partial charge on any atom is 0.340 e. The highest BCUT2D eigenvalue weighted by atomic mass is 19.1. The first kappa shape index (κ1) is 19.2. The van der Waals surface area contributed by atoms with Gasteiger partial charge in [0.15, 0.2) is 0 Å². The molecule has 1 heterocycles. The Kier molecular flexibility index (Phi) is 5.78. The smallest absolute Gasteiger partial charge is 0.340 e. The van der Waals surface area contributed by atoms with Crippen LogP contribution in [0.25, 0.3) is 0 Å². The van der Waals surface area contributed by atoms with Crippen LogP contribution < -0.4 is 5.32 Å². The number of rotatable bonds is 6. The molecule has 0 bridgehead atoms. The van der Waals surface area contributed by atoms with Crippen LogP contribution in [0.4, 0.5) is 10.1 Å². The Morgan fingerprint density at radius 2 is 1.92 bits per heavy atom. The number of aliphatic hydroxyl groups is 1. The lowest BCUT2D eigenvalue weighted by Gasteiger charge is -2.15. The molecule has 0 radical (unpaired) electrons. The van der Waals surface area contributed by atoms with E-state index in [1.54, 1.807) is 0 Å². The van der Waals surface area contributed by atoms with E-state index < -0.39 is 35.0 Å². The van der Waals surface area contributed by atoms with Crippen molar-refractivity contribution in [1.29, 1.82) is 0 Å². The number of aromatic hydroxyl groups is 1. The maximum atomic E-state index is 13.8. The molecule has 1 aliphatic heterocycles. The molecule has 9 nitrogen and oxygen atoms in total. The summed E-state index contributed by atoms with van der Waals surface area (Å²) in [7, 11) is 2.20. The molecular weight excluding hydrogens is 351 g/mol. The Morgan fingerprint density at radius 1 is 1.27 bits per heavy atom. The second-order valence-corrected chi connectivity index (χ2v) is 5.26. The summed E-state index contributed by atoms with van der Waals surface area (Å²) in [5.74, 6) is -3.98. The number of ether oxygens (including phenoxy) is 2. The Hall–Kier alpha value is -3.14. The number of hydrogen-bond acceptors (Lipinski definition) is 8. The van der Waals surface area contributed by atoms with E-state index >= 15 is 0 Å². The molecule has 1 amide bonds. The summed E-state index contributed by atoms with van der Waals surface area (Å²) in [6, 6.07) is 1.64. The van der Waals surface area contributed by atoms with Gasteiger partial charge in [-0.05, 0) is 6.07 Å². The van der Waals surface area contributed by atoms with Gasteiger partial charge in [-0.15, -0.1) is 0 Å². The zero-order chi connectivity index (χ0) is 19.4. The van der Waals surface area contributed by atoms with Gasteiger partial charge in [0.25, 0.3) is 5.91 Å². The normalized spacial score (nSPS) is 13.8. The molecule has 0 fully saturated rings. The number of methoxy groups -OCH3 is 2. The number of nitrogens with zero attached hydrogens (tertiary/aromatic N) is 1. The molecule has 26 heavy (non-hydrogen) atoms. The second kappa shape index (κ2) is 7.83. The van der Waals surface area contributed by atoms with Gasteiger partial charge in [0, 0.05) is 12.6 Å². The molecule has 10 heteroatoms. The van der Waals surface area contributed by atoms with Crippen LogP contribution in [0.5, 0.6) is 5.75 Å². The van der Waals surface area contributed by atoms with Crippen LogP contribution in [0.1, 0.15) is 10.4 Å². The topological polar surface area (TPSA) is 125 Å². The van der Waals surface area contributed by atoms with Crippen LogP contribution in [0.3, 0.4) is 0 Å². The standard InChI is InChI=1S/C16H17FN2O7/c1-25-15(23)8-5-11(12(21)6-10(8)17)18-13-9(16(24)26-2)7-19(3-4-20)14(13)22/h5-6,18,20-21H,3-4,7H2,1-2H3. The number of carbonyl (C=O) groups is 3. The Bertz CT molecular complexity index is 791. The lowest BCUT2D eigenvalue weighted by molar-refractivity contribution is -0.136. The minimum Gasteiger partial charge on any atom is -0.506 e. The predicted molar refractivity (Wildman–Crippen MR) is 85.7 cm³/mol. The Labute approximate surface area is 147 Å². The van der Waals surface area contributed by atoms with E-state index in [-0.39, 0.29) is 36.7 Å². The van der Waals surface area contributed by atoms with Gasteiger partial charge in [0.05, 0.1) is 44.2 Å². The third kappa shape index (κ3) is 3.59. The largest absolute Gasteiger partial charge is 0.506 e. The molecule has 0 atom stereocenters. The molecule has 2 rings (SSSR count). The monoisotopic (exact) mass is 368 g/mol. The van der Waals surface area contributed by atoms with E-state index in [9.17, 15) is 23.9 Å². The fourth-order valence-corrected chi connectivity index (χ4v) is 2.41. The molecule has 0 aliphatic carbocycles. The minimum atomic E-state index is -1.01. The molecule has 140 valence electrons. The summed E-state index contributed by atoms with van der Waals surface area (Å²) in [5.41, 5.74) is -0.884. The van der Waals surface area contributed by atoms with E-state index in [1.165, 1.54) is 4.90 Å². The predicted octanol–water partition coefficient (Wildman–Crippen LogP) is -0.00860.